The maximum atomic E-state index is 13.3. The minimum atomic E-state index is -0.139. The maximum absolute atomic E-state index is 13.3. The van der Waals surface area contributed by atoms with Crippen molar-refractivity contribution < 1.29 is 4.79 Å². The predicted octanol–water partition coefficient (Wildman–Crippen LogP) is 3.81. The van der Waals surface area contributed by atoms with E-state index in [2.05, 4.69) is 20.2 Å². The van der Waals surface area contributed by atoms with E-state index in [9.17, 15) is 4.79 Å². The van der Waals surface area contributed by atoms with Crippen LogP contribution in [-0.4, -0.2) is 47.2 Å². The molecule has 0 bridgehead atoms. The van der Waals surface area contributed by atoms with Crippen molar-refractivity contribution in [2.24, 2.45) is 0 Å². The van der Waals surface area contributed by atoms with Crippen LogP contribution in [0, 0.1) is 0 Å². The first-order chi connectivity index (χ1) is 15.6. The lowest BCUT2D eigenvalue weighted by atomic mass is 10.1. The first-order valence-corrected chi connectivity index (χ1v) is 10.2. The molecule has 0 spiro atoms. The molecular weight excluding hydrogens is 402 g/mol. The number of carbonyl (C=O) groups is 1. The number of nitrogens with zero attached hydrogens (tertiary/aromatic N) is 7. The molecule has 32 heavy (non-hydrogen) atoms. The largest absolute Gasteiger partial charge is 0.335 e. The summed E-state index contributed by atoms with van der Waals surface area (Å²) in [6.45, 7) is 2.00. The van der Waals surface area contributed by atoms with E-state index in [4.69, 9.17) is 0 Å². The summed E-state index contributed by atoms with van der Waals surface area (Å²) in [5.74, 6) is -0.134. The van der Waals surface area contributed by atoms with Crippen LogP contribution in [0.15, 0.2) is 85.7 Å². The summed E-state index contributed by atoms with van der Waals surface area (Å²) in [5.41, 5.74) is 4.82. The van der Waals surface area contributed by atoms with E-state index in [1.165, 1.54) is 6.33 Å². The molecule has 158 valence electrons. The standard InChI is InChI=1S/C24H21N7O/c1-17(18-8-10-20(11-9-18)30-16-25-15-28-30)29(2)24(32)21-14-27-31-22(12-13-26-23(21)31)19-6-4-3-5-7-19/h3-17H,1-2H3. The molecule has 0 aliphatic rings. The number of benzene rings is 2. The average molecular weight is 423 g/mol. The second-order valence-corrected chi connectivity index (χ2v) is 7.51. The number of rotatable bonds is 5. The number of fused-ring (bicyclic) bond motifs is 1. The minimum Gasteiger partial charge on any atom is -0.335 e. The first-order valence-electron chi connectivity index (χ1n) is 10.2. The van der Waals surface area contributed by atoms with E-state index >= 15 is 0 Å². The molecule has 0 aliphatic carbocycles. The highest BCUT2D eigenvalue weighted by atomic mass is 16.2. The number of aromatic nitrogens is 6. The molecule has 0 saturated carbocycles. The molecule has 8 heteroatoms. The predicted molar refractivity (Wildman–Crippen MR) is 120 cm³/mol. The van der Waals surface area contributed by atoms with Gasteiger partial charge in [-0.05, 0) is 30.7 Å². The molecule has 8 nitrogen and oxygen atoms in total. The van der Waals surface area contributed by atoms with Crippen LogP contribution in [0.4, 0.5) is 0 Å². The summed E-state index contributed by atoms with van der Waals surface area (Å²) in [6, 6.07) is 19.6. The highest BCUT2D eigenvalue weighted by Crippen LogP contribution is 2.25. The SMILES string of the molecule is CC(c1ccc(-n2cncn2)cc1)N(C)C(=O)c1cnn2c(-c3ccccc3)ccnc12. The fraction of sp³-hybridized carbons (Fsp3) is 0.125. The second-order valence-electron chi connectivity index (χ2n) is 7.51. The third-order valence-electron chi connectivity index (χ3n) is 5.66. The Bertz CT molecular complexity index is 1360. The zero-order valence-corrected chi connectivity index (χ0v) is 17.7. The van der Waals surface area contributed by atoms with Gasteiger partial charge in [0.05, 0.1) is 23.6 Å². The number of amides is 1. The zero-order valence-electron chi connectivity index (χ0n) is 17.7. The molecule has 0 N–H and O–H groups in total. The maximum Gasteiger partial charge on any atom is 0.259 e. The fourth-order valence-electron chi connectivity index (χ4n) is 3.71. The molecule has 0 fully saturated rings. The van der Waals surface area contributed by atoms with Crippen LogP contribution in [-0.2, 0) is 0 Å². The van der Waals surface area contributed by atoms with E-state index in [0.717, 1.165) is 22.5 Å². The summed E-state index contributed by atoms with van der Waals surface area (Å²) < 4.78 is 3.41. The van der Waals surface area contributed by atoms with Gasteiger partial charge in [0.15, 0.2) is 5.65 Å². The lowest BCUT2D eigenvalue weighted by molar-refractivity contribution is 0.0744. The van der Waals surface area contributed by atoms with Crippen molar-refractivity contribution in [2.75, 3.05) is 7.05 Å². The summed E-state index contributed by atoms with van der Waals surface area (Å²) in [7, 11) is 1.79. The summed E-state index contributed by atoms with van der Waals surface area (Å²) in [6.07, 6.45) is 6.45. The Labute approximate surface area is 184 Å². The molecule has 1 unspecified atom stereocenters. The fourth-order valence-corrected chi connectivity index (χ4v) is 3.71. The van der Waals surface area contributed by atoms with Crippen molar-refractivity contribution in [1.29, 1.82) is 0 Å². The molecule has 0 saturated heterocycles. The molecule has 0 aliphatic heterocycles. The molecule has 2 aromatic carbocycles. The Morgan fingerprint density at radius 3 is 2.50 bits per heavy atom. The Balaban J connectivity index is 1.42. The van der Waals surface area contributed by atoms with Crippen LogP contribution in [0.3, 0.4) is 0 Å². The second kappa shape index (κ2) is 8.07. The van der Waals surface area contributed by atoms with Crippen molar-refractivity contribution in [3.05, 3.63) is 96.8 Å². The van der Waals surface area contributed by atoms with Gasteiger partial charge in [-0.15, -0.1) is 0 Å². The van der Waals surface area contributed by atoms with Gasteiger partial charge in [-0.3, -0.25) is 4.79 Å². The molecule has 3 aromatic heterocycles. The van der Waals surface area contributed by atoms with E-state index < -0.39 is 0 Å². The minimum absolute atomic E-state index is 0.134. The van der Waals surface area contributed by atoms with E-state index in [-0.39, 0.29) is 11.9 Å². The van der Waals surface area contributed by atoms with Gasteiger partial charge in [-0.2, -0.15) is 10.2 Å². The Morgan fingerprint density at radius 2 is 1.78 bits per heavy atom. The number of hydrogen-bond donors (Lipinski definition) is 0. The normalized spacial score (nSPS) is 12.1. The van der Waals surface area contributed by atoms with Crippen molar-refractivity contribution in [2.45, 2.75) is 13.0 Å². The molecule has 5 rings (SSSR count). The molecule has 1 atom stereocenters. The van der Waals surface area contributed by atoms with Gasteiger partial charge in [-0.1, -0.05) is 42.5 Å². The van der Waals surface area contributed by atoms with Crippen LogP contribution in [0.2, 0.25) is 0 Å². The average Bonchev–Trinajstić information content (AvgIpc) is 3.54. The van der Waals surface area contributed by atoms with Crippen LogP contribution in [0.25, 0.3) is 22.6 Å². The van der Waals surface area contributed by atoms with Crippen molar-refractivity contribution in [3.63, 3.8) is 0 Å². The topological polar surface area (TPSA) is 81.2 Å². The first kappa shape index (κ1) is 19.6. The lowest BCUT2D eigenvalue weighted by Gasteiger charge is -2.25. The van der Waals surface area contributed by atoms with E-state index in [1.807, 2.05) is 67.6 Å². The van der Waals surface area contributed by atoms with Crippen LogP contribution >= 0.6 is 0 Å². The smallest absolute Gasteiger partial charge is 0.259 e. The van der Waals surface area contributed by atoms with Gasteiger partial charge in [0.1, 0.15) is 18.2 Å². The molecule has 1 amide bonds. The van der Waals surface area contributed by atoms with Crippen molar-refractivity contribution in [3.8, 4) is 16.9 Å². The monoisotopic (exact) mass is 423 g/mol. The third kappa shape index (κ3) is 3.41. The Morgan fingerprint density at radius 1 is 1.00 bits per heavy atom. The third-order valence-corrected chi connectivity index (χ3v) is 5.66. The van der Waals surface area contributed by atoms with Gasteiger partial charge < -0.3 is 4.90 Å². The van der Waals surface area contributed by atoms with Crippen LogP contribution < -0.4 is 0 Å². The van der Waals surface area contributed by atoms with E-state index in [0.29, 0.717) is 11.2 Å². The molecule has 0 radical (unpaired) electrons. The highest BCUT2D eigenvalue weighted by molar-refractivity contribution is 6.00. The van der Waals surface area contributed by atoms with Gasteiger partial charge >= 0.3 is 0 Å². The highest BCUT2D eigenvalue weighted by Gasteiger charge is 2.23. The molecular formula is C24H21N7O. The van der Waals surface area contributed by atoms with Crippen LogP contribution in [0.5, 0.6) is 0 Å². The zero-order chi connectivity index (χ0) is 22.1. The van der Waals surface area contributed by atoms with E-state index in [1.54, 1.807) is 39.9 Å². The summed E-state index contributed by atoms with van der Waals surface area (Å²) >= 11 is 0. The van der Waals surface area contributed by atoms with Crippen molar-refractivity contribution >= 4 is 11.6 Å². The number of carbonyl (C=O) groups excluding carboxylic acids is 1. The molecule has 3 heterocycles. The van der Waals surface area contributed by atoms with Crippen molar-refractivity contribution in [1.82, 2.24) is 34.3 Å². The summed E-state index contributed by atoms with van der Waals surface area (Å²) in [4.78, 5) is 23.5. The Hall–Kier alpha value is -4.33. The lowest BCUT2D eigenvalue weighted by Crippen LogP contribution is -2.29. The van der Waals surface area contributed by atoms with Gasteiger partial charge in [0.2, 0.25) is 0 Å². The summed E-state index contributed by atoms with van der Waals surface area (Å²) in [5, 5.41) is 8.60. The van der Waals surface area contributed by atoms with Gasteiger partial charge in [0.25, 0.3) is 5.91 Å². The van der Waals surface area contributed by atoms with Gasteiger partial charge in [-0.25, -0.2) is 19.2 Å². The van der Waals surface area contributed by atoms with Crippen LogP contribution in [0.1, 0.15) is 28.9 Å². The van der Waals surface area contributed by atoms with Gasteiger partial charge in [0, 0.05) is 18.8 Å². The quantitative estimate of drug-likeness (QED) is 0.429. The Kier molecular flexibility index (Phi) is 4.95. The molecule has 5 aromatic rings. The number of hydrogen-bond acceptors (Lipinski definition) is 5.